The highest BCUT2D eigenvalue weighted by atomic mass is 32.2. The van der Waals surface area contributed by atoms with E-state index in [1.54, 1.807) is 0 Å². The summed E-state index contributed by atoms with van der Waals surface area (Å²) in [5.74, 6) is 1.05. The van der Waals surface area contributed by atoms with E-state index in [2.05, 4.69) is 30.3 Å². The highest BCUT2D eigenvalue weighted by Crippen LogP contribution is 2.46. The van der Waals surface area contributed by atoms with Gasteiger partial charge in [-0.15, -0.1) is 0 Å². The first kappa shape index (κ1) is 13.7. The fourth-order valence-electron chi connectivity index (χ4n) is 3.75. The summed E-state index contributed by atoms with van der Waals surface area (Å²) in [6.45, 7) is 4.50. The number of hydrogen-bond donors (Lipinski definition) is 1. The highest BCUT2D eigenvalue weighted by Gasteiger charge is 2.60. The van der Waals surface area contributed by atoms with E-state index < -0.39 is 0 Å². The van der Waals surface area contributed by atoms with E-state index in [9.17, 15) is 4.79 Å². The monoisotopic (exact) mass is 282 g/mol. The number of nitrogens with one attached hydrogen (secondary N) is 1. The standard InChI is InChI=1S/C15H26N2OS/c1-10(2)8-13-16-15(6-7-15)14(18)17(13)11-4-5-12(9-11)19-3/h10-13,16H,4-9H2,1-3H3. The molecule has 0 aromatic rings. The molecule has 1 spiro atoms. The van der Waals surface area contributed by atoms with Crippen LogP contribution in [0.15, 0.2) is 0 Å². The van der Waals surface area contributed by atoms with Gasteiger partial charge < -0.3 is 4.90 Å². The third-order valence-corrected chi connectivity index (χ3v) is 6.05. The molecule has 0 bridgehead atoms. The molecular formula is C15H26N2OS. The molecule has 4 heteroatoms. The van der Waals surface area contributed by atoms with Crippen molar-refractivity contribution in [2.24, 2.45) is 5.92 Å². The van der Waals surface area contributed by atoms with E-state index in [1.165, 1.54) is 19.3 Å². The molecule has 0 aromatic heterocycles. The zero-order valence-electron chi connectivity index (χ0n) is 12.3. The molecule has 3 atom stereocenters. The van der Waals surface area contributed by atoms with Gasteiger partial charge in [0.25, 0.3) is 0 Å². The number of thioether (sulfide) groups is 1. The van der Waals surface area contributed by atoms with Gasteiger partial charge in [-0.25, -0.2) is 0 Å². The van der Waals surface area contributed by atoms with Crippen molar-refractivity contribution in [2.75, 3.05) is 6.26 Å². The molecule has 3 unspecified atom stereocenters. The Hall–Kier alpha value is -0.220. The second kappa shape index (κ2) is 4.96. The maximum absolute atomic E-state index is 12.7. The number of carbonyl (C=O) groups excluding carboxylic acids is 1. The molecule has 1 N–H and O–H groups in total. The molecule has 0 radical (unpaired) electrons. The first-order valence-corrected chi connectivity index (χ1v) is 8.98. The van der Waals surface area contributed by atoms with Gasteiger partial charge in [0, 0.05) is 11.3 Å². The van der Waals surface area contributed by atoms with Crippen LogP contribution in [0.5, 0.6) is 0 Å². The lowest BCUT2D eigenvalue weighted by atomic mass is 10.1. The molecule has 1 aliphatic heterocycles. The smallest absolute Gasteiger partial charge is 0.244 e. The fraction of sp³-hybridized carbons (Fsp3) is 0.933. The van der Waals surface area contributed by atoms with Crippen molar-refractivity contribution in [1.29, 1.82) is 0 Å². The molecule has 19 heavy (non-hydrogen) atoms. The van der Waals surface area contributed by atoms with E-state index in [4.69, 9.17) is 0 Å². The largest absolute Gasteiger partial charge is 0.323 e. The van der Waals surface area contributed by atoms with Crippen LogP contribution < -0.4 is 5.32 Å². The number of amides is 1. The van der Waals surface area contributed by atoms with Crippen LogP contribution in [-0.2, 0) is 4.79 Å². The summed E-state index contributed by atoms with van der Waals surface area (Å²) < 4.78 is 0. The van der Waals surface area contributed by atoms with Crippen molar-refractivity contribution in [1.82, 2.24) is 10.2 Å². The number of carbonyl (C=O) groups is 1. The van der Waals surface area contributed by atoms with Crippen molar-refractivity contribution in [2.45, 2.75) is 75.4 Å². The Morgan fingerprint density at radius 1 is 1.42 bits per heavy atom. The van der Waals surface area contributed by atoms with Crippen LogP contribution in [-0.4, -0.2) is 40.1 Å². The van der Waals surface area contributed by atoms with Crippen LogP contribution in [0.25, 0.3) is 0 Å². The van der Waals surface area contributed by atoms with E-state index in [-0.39, 0.29) is 5.54 Å². The van der Waals surface area contributed by atoms with E-state index >= 15 is 0 Å². The summed E-state index contributed by atoms with van der Waals surface area (Å²) in [5.41, 5.74) is -0.142. The van der Waals surface area contributed by atoms with Gasteiger partial charge in [-0.05, 0) is 50.7 Å². The number of rotatable bonds is 4. The molecule has 3 aliphatic rings. The maximum Gasteiger partial charge on any atom is 0.244 e. The predicted octanol–water partition coefficient (Wildman–Crippen LogP) is 2.61. The average molecular weight is 282 g/mol. The summed E-state index contributed by atoms with van der Waals surface area (Å²) in [7, 11) is 0. The van der Waals surface area contributed by atoms with Crippen LogP contribution in [0.3, 0.4) is 0 Å². The van der Waals surface area contributed by atoms with Crippen molar-refractivity contribution >= 4 is 17.7 Å². The Balaban J connectivity index is 1.74. The van der Waals surface area contributed by atoms with Gasteiger partial charge >= 0.3 is 0 Å². The maximum atomic E-state index is 12.7. The Kier molecular flexibility index (Phi) is 3.59. The number of nitrogens with zero attached hydrogens (tertiary/aromatic N) is 1. The Morgan fingerprint density at radius 2 is 2.16 bits per heavy atom. The molecule has 108 valence electrons. The van der Waals surface area contributed by atoms with Crippen LogP contribution in [0.1, 0.15) is 52.4 Å². The molecule has 1 heterocycles. The van der Waals surface area contributed by atoms with Gasteiger partial charge in [-0.2, -0.15) is 11.8 Å². The lowest BCUT2D eigenvalue weighted by molar-refractivity contribution is -0.133. The van der Waals surface area contributed by atoms with Gasteiger partial charge in [0.05, 0.1) is 11.7 Å². The first-order valence-electron chi connectivity index (χ1n) is 7.69. The molecule has 3 fully saturated rings. The minimum Gasteiger partial charge on any atom is -0.323 e. The minimum atomic E-state index is -0.142. The van der Waals surface area contributed by atoms with Crippen molar-refractivity contribution in [3.05, 3.63) is 0 Å². The van der Waals surface area contributed by atoms with Gasteiger partial charge in [0.1, 0.15) is 0 Å². The van der Waals surface area contributed by atoms with Crippen molar-refractivity contribution in [3.8, 4) is 0 Å². The van der Waals surface area contributed by atoms with E-state index in [0.717, 1.165) is 24.5 Å². The molecule has 2 aliphatic carbocycles. The molecule has 3 nitrogen and oxygen atoms in total. The molecule has 1 saturated heterocycles. The molecule has 0 aromatic carbocycles. The van der Waals surface area contributed by atoms with Gasteiger partial charge in [-0.1, -0.05) is 13.8 Å². The van der Waals surface area contributed by atoms with Gasteiger partial charge in [0.2, 0.25) is 5.91 Å². The van der Waals surface area contributed by atoms with Crippen LogP contribution >= 0.6 is 11.8 Å². The van der Waals surface area contributed by atoms with Gasteiger partial charge in [-0.3, -0.25) is 10.1 Å². The summed E-state index contributed by atoms with van der Waals surface area (Å²) in [6, 6.07) is 0.487. The molecule has 1 amide bonds. The topological polar surface area (TPSA) is 32.3 Å². The second-order valence-electron chi connectivity index (χ2n) is 6.91. The second-order valence-corrected chi connectivity index (χ2v) is 8.05. The fourth-order valence-corrected chi connectivity index (χ4v) is 4.53. The normalized spacial score (nSPS) is 36.7. The average Bonchev–Trinajstić information content (AvgIpc) is 2.89. The summed E-state index contributed by atoms with van der Waals surface area (Å²) in [4.78, 5) is 15.0. The summed E-state index contributed by atoms with van der Waals surface area (Å²) >= 11 is 1.97. The number of hydrogen-bond acceptors (Lipinski definition) is 3. The van der Waals surface area contributed by atoms with Gasteiger partial charge in [0.15, 0.2) is 0 Å². The Morgan fingerprint density at radius 3 is 2.68 bits per heavy atom. The summed E-state index contributed by atoms with van der Waals surface area (Å²) in [5, 5.41) is 4.41. The van der Waals surface area contributed by atoms with E-state index in [0.29, 0.717) is 24.0 Å². The predicted molar refractivity (Wildman–Crippen MR) is 80.1 cm³/mol. The van der Waals surface area contributed by atoms with Crippen LogP contribution in [0, 0.1) is 5.92 Å². The Labute approximate surface area is 120 Å². The van der Waals surface area contributed by atoms with E-state index in [1.807, 2.05) is 11.8 Å². The third-order valence-electron chi connectivity index (χ3n) is 4.95. The zero-order chi connectivity index (χ0) is 13.6. The van der Waals surface area contributed by atoms with Crippen LogP contribution in [0.2, 0.25) is 0 Å². The minimum absolute atomic E-state index is 0.142. The quantitative estimate of drug-likeness (QED) is 0.860. The summed E-state index contributed by atoms with van der Waals surface area (Å²) in [6.07, 6.45) is 9.35. The molecule has 2 saturated carbocycles. The van der Waals surface area contributed by atoms with Crippen molar-refractivity contribution < 1.29 is 4.79 Å². The Bertz CT molecular complexity index is 367. The molecular weight excluding hydrogens is 256 g/mol. The zero-order valence-corrected chi connectivity index (χ0v) is 13.1. The first-order chi connectivity index (χ1) is 9.05. The van der Waals surface area contributed by atoms with Crippen LogP contribution in [0.4, 0.5) is 0 Å². The third kappa shape index (κ3) is 2.42. The van der Waals surface area contributed by atoms with Crippen molar-refractivity contribution in [3.63, 3.8) is 0 Å². The molecule has 3 rings (SSSR count). The highest BCUT2D eigenvalue weighted by molar-refractivity contribution is 7.99. The lowest BCUT2D eigenvalue weighted by Gasteiger charge is -2.31. The lowest BCUT2D eigenvalue weighted by Crippen LogP contribution is -2.44. The SMILES string of the molecule is CSC1CCC(N2C(=O)C3(CC3)NC2CC(C)C)C1.